The van der Waals surface area contributed by atoms with Crippen molar-refractivity contribution in [3.8, 4) is 0 Å². The van der Waals surface area contributed by atoms with Crippen molar-refractivity contribution in [2.45, 2.75) is 33.6 Å². The lowest BCUT2D eigenvalue weighted by atomic mass is 10.0. The van der Waals surface area contributed by atoms with E-state index in [0.717, 1.165) is 24.0 Å². The van der Waals surface area contributed by atoms with Gasteiger partial charge in [-0.1, -0.05) is 24.6 Å². The molecular formula is C15H22ClNO. The number of carbonyl (C=O) groups is 1. The zero-order valence-electron chi connectivity index (χ0n) is 11.4. The molecule has 1 amide bonds. The highest BCUT2D eigenvalue weighted by molar-refractivity contribution is 6.18. The zero-order valence-corrected chi connectivity index (χ0v) is 12.2. The van der Waals surface area contributed by atoms with Gasteiger partial charge in [0.2, 0.25) is 0 Å². The number of hydrogen-bond acceptors (Lipinski definition) is 1. The third-order valence-electron chi connectivity index (χ3n) is 3.05. The Morgan fingerprint density at radius 2 is 2.11 bits per heavy atom. The van der Waals surface area contributed by atoms with Gasteiger partial charge in [-0.25, -0.2) is 0 Å². The second kappa shape index (κ2) is 7.42. The number of rotatable bonds is 6. The first-order valence-corrected chi connectivity index (χ1v) is 6.99. The lowest BCUT2D eigenvalue weighted by molar-refractivity contribution is 0.0952. The lowest BCUT2D eigenvalue weighted by Crippen LogP contribution is -2.25. The summed E-state index contributed by atoms with van der Waals surface area (Å²) in [5.74, 6) is 1.22. The van der Waals surface area contributed by atoms with Crippen LogP contribution in [0.3, 0.4) is 0 Å². The maximum Gasteiger partial charge on any atom is 0.251 e. The fourth-order valence-electron chi connectivity index (χ4n) is 1.89. The van der Waals surface area contributed by atoms with Crippen LogP contribution < -0.4 is 5.32 Å². The van der Waals surface area contributed by atoms with Gasteiger partial charge in [-0.05, 0) is 44.2 Å². The number of halogens is 1. The Labute approximate surface area is 115 Å². The molecule has 0 aliphatic rings. The summed E-state index contributed by atoms with van der Waals surface area (Å²) in [5, 5.41) is 2.96. The van der Waals surface area contributed by atoms with Crippen LogP contribution in [0.1, 0.15) is 41.3 Å². The van der Waals surface area contributed by atoms with Crippen LogP contribution in [0.5, 0.6) is 0 Å². The monoisotopic (exact) mass is 267 g/mol. The molecule has 0 saturated carbocycles. The van der Waals surface area contributed by atoms with Crippen molar-refractivity contribution in [1.82, 2.24) is 5.32 Å². The second-order valence-electron chi connectivity index (χ2n) is 4.98. The Morgan fingerprint density at radius 3 is 2.72 bits per heavy atom. The second-order valence-corrected chi connectivity index (χ2v) is 5.28. The summed E-state index contributed by atoms with van der Waals surface area (Å²) in [6.07, 6.45) is 2.03. The number of aryl methyl sites for hydroxylation is 2. The van der Waals surface area contributed by atoms with Crippen molar-refractivity contribution in [2.24, 2.45) is 5.92 Å². The Hall–Kier alpha value is -1.02. The highest BCUT2D eigenvalue weighted by Gasteiger charge is 2.08. The van der Waals surface area contributed by atoms with E-state index in [-0.39, 0.29) is 5.91 Å². The van der Waals surface area contributed by atoms with Gasteiger partial charge in [-0.15, -0.1) is 11.6 Å². The number of amides is 1. The van der Waals surface area contributed by atoms with Crippen LogP contribution in [0.25, 0.3) is 0 Å². The molecule has 2 nitrogen and oxygen atoms in total. The van der Waals surface area contributed by atoms with Gasteiger partial charge in [0.05, 0.1) is 0 Å². The number of alkyl halides is 1. The molecule has 1 N–H and O–H groups in total. The Balaban J connectivity index is 2.41. The molecule has 0 radical (unpaired) electrons. The van der Waals surface area contributed by atoms with Gasteiger partial charge in [0.1, 0.15) is 0 Å². The van der Waals surface area contributed by atoms with Gasteiger partial charge in [-0.2, -0.15) is 0 Å². The van der Waals surface area contributed by atoms with E-state index in [1.165, 1.54) is 5.56 Å². The van der Waals surface area contributed by atoms with E-state index in [4.69, 9.17) is 11.6 Å². The van der Waals surface area contributed by atoms with Crippen molar-refractivity contribution in [2.75, 3.05) is 12.4 Å². The van der Waals surface area contributed by atoms with Crippen molar-refractivity contribution >= 4 is 17.5 Å². The first-order chi connectivity index (χ1) is 8.54. The smallest absolute Gasteiger partial charge is 0.251 e. The SMILES string of the molecule is Cc1ccc(C(=O)NCCCC(C)CCl)c(C)c1. The predicted molar refractivity (Wildman–Crippen MR) is 77.4 cm³/mol. The standard InChI is InChI=1S/C15H22ClNO/c1-11-6-7-14(13(3)9-11)15(18)17-8-4-5-12(2)10-16/h6-7,9,12H,4-5,8,10H2,1-3H3,(H,17,18). The molecule has 1 aromatic carbocycles. The summed E-state index contributed by atoms with van der Waals surface area (Å²) in [4.78, 5) is 12.0. The van der Waals surface area contributed by atoms with Gasteiger partial charge >= 0.3 is 0 Å². The Morgan fingerprint density at radius 1 is 1.39 bits per heavy atom. The van der Waals surface area contributed by atoms with Crippen molar-refractivity contribution in [3.63, 3.8) is 0 Å². The Kier molecular flexibility index (Phi) is 6.20. The molecule has 0 fully saturated rings. The van der Waals surface area contributed by atoms with E-state index in [2.05, 4.69) is 12.2 Å². The quantitative estimate of drug-likeness (QED) is 0.618. The van der Waals surface area contributed by atoms with E-state index in [0.29, 0.717) is 18.3 Å². The summed E-state index contributed by atoms with van der Waals surface area (Å²) in [6, 6.07) is 5.89. The van der Waals surface area contributed by atoms with Crippen LogP contribution in [0.15, 0.2) is 18.2 Å². The molecule has 0 aromatic heterocycles. The molecule has 1 aromatic rings. The first kappa shape index (κ1) is 15.0. The molecule has 18 heavy (non-hydrogen) atoms. The minimum atomic E-state index is 0.0195. The highest BCUT2D eigenvalue weighted by Crippen LogP contribution is 2.11. The van der Waals surface area contributed by atoms with E-state index in [1.807, 2.05) is 32.0 Å². The topological polar surface area (TPSA) is 29.1 Å². The van der Waals surface area contributed by atoms with Gasteiger partial charge in [-0.3, -0.25) is 4.79 Å². The average molecular weight is 268 g/mol. The molecular weight excluding hydrogens is 246 g/mol. The molecule has 0 bridgehead atoms. The van der Waals surface area contributed by atoms with Crippen molar-refractivity contribution < 1.29 is 4.79 Å². The molecule has 0 aliphatic carbocycles. The normalized spacial score (nSPS) is 12.2. The predicted octanol–water partition coefficient (Wildman–Crippen LogP) is 3.69. The summed E-state index contributed by atoms with van der Waals surface area (Å²) in [7, 11) is 0. The fraction of sp³-hybridized carbons (Fsp3) is 0.533. The first-order valence-electron chi connectivity index (χ1n) is 6.46. The molecule has 3 heteroatoms. The molecule has 100 valence electrons. The fourth-order valence-corrected chi connectivity index (χ4v) is 2.05. The van der Waals surface area contributed by atoms with Crippen molar-refractivity contribution in [3.05, 3.63) is 34.9 Å². The van der Waals surface area contributed by atoms with Gasteiger partial charge in [0.15, 0.2) is 0 Å². The summed E-state index contributed by atoms with van der Waals surface area (Å²) >= 11 is 5.74. The largest absolute Gasteiger partial charge is 0.352 e. The van der Waals surface area contributed by atoms with Crippen LogP contribution in [0.2, 0.25) is 0 Å². The number of hydrogen-bond donors (Lipinski definition) is 1. The molecule has 1 rings (SSSR count). The Bertz CT molecular complexity index is 403. The maximum absolute atomic E-state index is 12.0. The highest BCUT2D eigenvalue weighted by atomic mass is 35.5. The summed E-state index contributed by atoms with van der Waals surface area (Å²) < 4.78 is 0. The van der Waals surface area contributed by atoms with Gasteiger partial charge in [0.25, 0.3) is 5.91 Å². The molecule has 0 spiro atoms. The van der Waals surface area contributed by atoms with Gasteiger partial charge in [0, 0.05) is 18.0 Å². The van der Waals surface area contributed by atoms with Gasteiger partial charge < -0.3 is 5.32 Å². The molecule has 1 unspecified atom stereocenters. The third kappa shape index (κ3) is 4.69. The minimum Gasteiger partial charge on any atom is -0.352 e. The number of carbonyl (C=O) groups excluding carboxylic acids is 1. The molecule has 0 aliphatic heterocycles. The van der Waals surface area contributed by atoms with E-state index in [1.54, 1.807) is 0 Å². The molecule has 1 atom stereocenters. The molecule has 0 heterocycles. The zero-order chi connectivity index (χ0) is 13.5. The number of nitrogens with one attached hydrogen (secondary N) is 1. The maximum atomic E-state index is 12.0. The summed E-state index contributed by atoms with van der Waals surface area (Å²) in [5.41, 5.74) is 2.98. The van der Waals surface area contributed by atoms with Crippen LogP contribution >= 0.6 is 11.6 Å². The lowest BCUT2D eigenvalue weighted by Gasteiger charge is -2.10. The van der Waals surface area contributed by atoms with E-state index in [9.17, 15) is 4.79 Å². The van der Waals surface area contributed by atoms with E-state index >= 15 is 0 Å². The van der Waals surface area contributed by atoms with Crippen LogP contribution in [-0.4, -0.2) is 18.3 Å². The summed E-state index contributed by atoms with van der Waals surface area (Å²) in [6.45, 7) is 6.84. The van der Waals surface area contributed by atoms with Crippen LogP contribution in [0, 0.1) is 19.8 Å². The van der Waals surface area contributed by atoms with Crippen LogP contribution in [-0.2, 0) is 0 Å². The number of benzene rings is 1. The average Bonchev–Trinajstić information content (AvgIpc) is 2.34. The molecule has 0 saturated heterocycles. The third-order valence-corrected chi connectivity index (χ3v) is 3.58. The van der Waals surface area contributed by atoms with E-state index < -0.39 is 0 Å². The van der Waals surface area contributed by atoms with Crippen LogP contribution in [0.4, 0.5) is 0 Å². The van der Waals surface area contributed by atoms with Crippen molar-refractivity contribution in [1.29, 1.82) is 0 Å². The minimum absolute atomic E-state index is 0.0195.